The molecule has 146 valence electrons. The Balaban J connectivity index is 1.56. The molecule has 0 fully saturated rings. The summed E-state index contributed by atoms with van der Waals surface area (Å²) in [4.78, 5) is 5.56. The fourth-order valence-corrected chi connectivity index (χ4v) is 3.76. The first kappa shape index (κ1) is 18.8. The molecule has 2 N–H and O–H groups in total. The van der Waals surface area contributed by atoms with Crippen molar-refractivity contribution < 1.29 is 13.2 Å². The number of fused-ring (bicyclic) bond motifs is 1. The summed E-state index contributed by atoms with van der Waals surface area (Å²) < 4.78 is 30.6. The van der Waals surface area contributed by atoms with E-state index in [1.807, 2.05) is 48.5 Å². The molecule has 0 radical (unpaired) electrons. The van der Waals surface area contributed by atoms with E-state index in [9.17, 15) is 8.42 Å². The average molecular weight is 405 g/mol. The van der Waals surface area contributed by atoms with Gasteiger partial charge in [-0.3, -0.25) is 0 Å². The molecule has 0 atom stereocenters. The molecule has 3 aromatic carbocycles. The van der Waals surface area contributed by atoms with Gasteiger partial charge in [-0.15, -0.1) is 0 Å². The Morgan fingerprint density at radius 3 is 2.41 bits per heavy atom. The first-order valence-corrected chi connectivity index (χ1v) is 10.5. The number of nitrogens with zero attached hydrogens (tertiary/aromatic N) is 1. The van der Waals surface area contributed by atoms with Gasteiger partial charge in [0.25, 0.3) is 10.0 Å². The molecule has 7 heteroatoms. The lowest BCUT2D eigenvalue weighted by Crippen LogP contribution is -2.18. The van der Waals surface area contributed by atoms with Gasteiger partial charge < -0.3 is 9.72 Å². The molecule has 29 heavy (non-hydrogen) atoms. The molecule has 0 spiro atoms. The molecule has 0 aliphatic carbocycles. The number of rotatable bonds is 7. The molecule has 0 unspecified atom stereocenters. The number of hydrogen-bond acceptors (Lipinski definition) is 4. The lowest BCUT2D eigenvalue weighted by molar-refractivity contribution is 0.310. The maximum Gasteiger partial charge on any atom is 0.276 e. The fraction of sp³-hybridized carbons (Fsp3) is 0.0455. The molecule has 4 aromatic rings. The number of sulfonamides is 1. The zero-order chi connectivity index (χ0) is 20.1. The highest BCUT2D eigenvalue weighted by Crippen LogP contribution is 2.28. The second-order valence-electron chi connectivity index (χ2n) is 6.36. The minimum absolute atomic E-state index is 0.156. The zero-order valence-corrected chi connectivity index (χ0v) is 16.3. The summed E-state index contributed by atoms with van der Waals surface area (Å²) in [6.07, 6.45) is 3.23. The van der Waals surface area contributed by atoms with Crippen LogP contribution in [0.4, 0.5) is 0 Å². The third-order valence-corrected chi connectivity index (χ3v) is 5.60. The van der Waals surface area contributed by atoms with Crippen molar-refractivity contribution in [2.75, 3.05) is 0 Å². The second-order valence-corrected chi connectivity index (χ2v) is 8.02. The summed E-state index contributed by atoms with van der Waals surface area (Å²) in [7, 11) is -3.71. The Labute approximate surface area is 168 Å². The minimum atomic E-state index is -3.71. The van der Waals surface area contributed by atoms with E-state index in [1.165, 1.54) is 18.3 Å². The van der Waals surface area contributed by atoms with Crippen LogP contribution in [0.2, 0.25) is 0 Å². The summed E-state index contributed by atoms with van der Waals surface area (Å²) in [5.74, 6) is 0.694. The van der Waals surface area contributed by atoms with Gasteiger partial charge in [0.05, 0.1) is 16.5 Å². The number of hydrazone groups is 1. The first-order valence-electron chi connectivity index (χ1n) is 9.00. The minimum Gasteiger partial charge on any atom is -0.488 e. The van der Waals surface area contributed by atoms with Crippen LogP contribution in [0.5, 0.6) is 5.75 Å². The summed E-state index contributed by atoms with van der Waals surface area (Å²) in [5, 5.41) is 4.77. The normalized spacial score (nSPS) is 11.7. The third kappa shape index (κ3) is 4.30. The number of ether oxygens (including phenoxy) is 1. The van der Waals surface area contributed by atoms with E-state index < -0.39 is 10.0 Å². The summed E-state index contributed by atoms with van der Waals surface area (Å²) in [6.45, 7) is 0.433. The fourth-order valence-electron chi connectivity index (χ4n) is 2.95. The number of nitrogens with one attached hydrogen (secondary N) is 2. The van der Waals surface area contributed by atoms with Gasteiger partial charge in [-0.25, -0.2) is 4.83 Å². The van der Waals surface area contributed by atoms with Gasteiger partial charge in [0.15, 0.2) is 0 Å². The van der Waals surface area contributed by atoms with Gasteiger partial charge in [0, 0.05) is 17.3 Å². The Kier molecular flexibility index (Phi) is 5.31. The monoisotopic (exact) mass is 405 g/mol. The lowest BCUT2D eigenvalue weighted by Gasteiger charge is -2.08. The Morgan fingerprint density at radius 1 is 0.931 bits per heavy atom. The number of benzene rings is 3. The van der Waals surface area contributed by atoms with Gasteiger partial charge in [-0.2, -0.15) is 13.5 Å². The number of aromatic nitrogens is 1. The molecule has 0 aliphatic rings. The molecular weight excluding hydrogens is 386 g/mol. The van der Waals surface area contributed by atoms with Crippen LogP contribution in [-0.2, 0) is 16.6 Å². The number of aromatic amines is 1. The number of H-pyrrole nitrogens is 1. The maximum absolute atomic E-state index is 12.3. The van der Waals surface area contributed by atoms with Crippen LogP contribution in [0.1, 0.15) is 11.1 Å². The largest absolute Gasteiger partial charge is 0.488 e. The molecule has 0 amide bonds. The molecule has 1 heterocycles. The van der Waals surface area contributed by atoms with E-state index in [0.717, 1.165) is 22.0 Å². The molecular formula is C22H19N3O3S. The molecule has 0 saturated heterocycles. The molecule has 1 aromatic heterocycles. The Hall–Kier alpha value is -3.58. The summed E-state index contributed by atoms with van der Waals surface area (Å²) in [6, 6.07) is 23.7. The van der Waals surface area contributed by atoms with Crippen LogP contribution in [-0.4, -0.2) is 19.6 Å². The molecule has 6 nitrogen and oxygen atoms in total. The van der Waals surface area contributed by atoms with Crippen molar-refractivity contribution in [2.45, 2.75) is 11.5 Å². The van der Waals surface area contributed by atoms with E-state index >= 15 is 0 Å². The van der Waals surface area contributed by atoms with Crippen LogP contribution < -0.4 is 9.57 Å². The van der Waals surface area contributed by atoms with Crippen LogP contribution in [0.25, 0.3) is 10.9 Å². The van der Waals surface area contributed by atoms with E-state index in [1.54, 1.807) is 24.4 Å². The van der Waals surface area contributed by atoms with Crippen LogP contribution in [0.15, 0.2) is 95.1 Å². The quantitative estimate of drug-likeness (QED) is 0.359. The molecule has 0 saturated carbocycles. The van der Waals surface area contributed by atoms with Crippen LogP contribution in [0, 0.1) is 0 Å². The van der Waals surface area contributed by atoms with E-state index in [2.05, 4.69) is 14.9 Å². The highest BCUT2D eigenvalue weighted by atomic mass is 32.2. The van der Waals surface area contributed by atoms with E-state index in [4.69, 9.17) is 4.74 Å². The molecule has 0 bridgehead atoms. The third-order valence-electron chi connectivity index (χ3n) is 4.37. The van der Waals surface area contributed by atoms with Gasteiger partial charge >= 0.3 is 0 Å². The predicted octanol–water partition coefficient (Wildman–Crippen LogP) is 4.06. The van der Waals surface area contributed by atoms with Gasteiger partial charge in [0.2, 0.25) is 0 Å². The first-order chi connectivity index (χ1) is 14.1. The summed E-state index contributed by atoms with van der Waals surface area (Å²) >= 11 is 0. The second kappa shape index (κ2) is 8.20. The highest BCUT2D eigenvalue weighted by Gasteiger charge is 2.12. The SMILES string of the molecule is O=S(=O)(NN=Cc1c[nH]c2cccc(OCc3ccccc3)c12)c1ccccc1. The summed E-state index contributed by atoms with van der Waals surface area (Å²) in [5.41, 5.74) is 2.66. The number of hydrogen-bond donors (Lipinski definition) is 2. The zero-order valence-electron chi connectivity index (χ0n) is 15.4. The van der Waals surface area contributed by atoms with E-state index in [0.29, 0.717) is 12.4 Å². The van der Waals surface area contributed by atoms with Crippen molar-refractivity contribution in [3.63, 3.8) is 0 Å². The molecule has 4 rings (SSSR count). The topological polar surface area (TPSA) is 83.5 Å². The van der Waals surface area contributed by atoms with Gasteiger partial charge in [-0.05, 0) is 29.8 Å². The van der Waals surface area contributed by atoms with Crippen molar-refractivity contribution >= 4 is 27.1 Å². The van der Waals surface area contributed by atoms with Crippen molar-refractivity contribution in [1.29, 1.82) is 0 Å². The molecule has 0 aliphatic heterocycles. The standard InChI is InChI=1S/C22H19N3O3S/c26-29(27,19-10-5-2-6-11-19)25-24-15-18-14-23-20-12-7-13-21(22(18)20)28-16-17-8-3-1-4-9-17/h1-15,23,25H,16H2. The predicted molar refractivity (Wildman–Crippen MR) is 113 cm³/mol. The Bertz CT molecular complexity index is 1230. The van der Waals surface area contributed by atoms with Crippen molar-refractivity contribution in [1.82, 2.24) is 9.82 Å². The smallest absolute Gasteiger partial charge is 0.276 e. The van der Waals surface area contributed by atoms with Crippen molar-refractivity contribution in [3.05, 3.63) is 96.2 Å². The van der Waals surface area contributed by atoms with Crippen LogP contribution in [0.3, 0.4) is 0 Å². The van der Waals surface area contributed by atoms with Gasteiger partial charge in [-0.1, -0.05) is 54.6 Å². The average Bonchev–Trinajstić information content (AvgIpc) is 3.17. The Morgan fingerprint density at radius 2 is 1.66 bits per heavy atom. The van der Waals surface area contributed by atoms with Crippen molar-refractivity contribution in [3.8, 4) is 5.75 Å². The highest BCUT2D eigenvalue weighted by molar-refractivity contribution is 7.89. The van der Waals surface area contributed by atoms with Crippen molar-refractivity contribution in [2.24, 2.45) is 5.10 Å². The van der Waals surface area contributed by atoms with E-state index in [-0.39, 0.29) is 4.90 Å². The van der Waals surface area contributed by atoms with Crippen LogP contribution >= 0.6 is 0 Å². The lowest BCUT2D eigenvalue weighted by atomic mass is 10.1. The van der Waals surface area contributed by atoms with Gasteiger partial charge in [0.1, 0.15) is 12.4 Å². The maximum atomic E-state index is 12.3.